The number of ether oxygens (including phenoxy) is 2. The van der Waals surface area contributed by atoms with Crippen molar-refractivity contribution < 1.29 is 14.3 Å². The lowest BCUT2D eigenvalue weighted by atomic mass is 9.77. The molecule has 1 atom stereocenters. The van der Waals surface area contributed by atoms with E-state index in [1.165, 1.54) is 0 Å². The Morgan fingerprint density at radius 3 is 2.68 bits per heavy atom. The number of carbonyl (C=O) groups is 1. The van der Waals surface area contributed by atoms with E-state index < -0.39 is 5.60 Å². The van der Waals surface area contributed by atoms with Gasteiger partial charge in [-0.15, -0.1) is 0 Å². The third kappa shape index (κ3) is 1.39. The molecule has 0 amide bonds. The smallest absolute Gasteiger partial charge is 0.201 e. The minimum Gasteiger partial charge on any atom is -0.487 e. The Morgan fingerprint density at radius 1 is 1.21 bits per heavy atom. The molecular weight excluding hydrogens is 240 g/mol. The minimum absolute atomic E-state index is 0.108. The molecule has 1 aromatic rings. The number of carbonyl (C=O) groups excluding carboxylic acids is 1. The lowest BCUT2D eigenvalue weighted by Gasteiger charge is -2.37. The number of fused-ring (bicyclic) bond motifs is 3. The standard InChI is InChI=1S/C16H16O3/c1-15(2)8-7-11-13(19-15)10-5-3-4-6-12(10)16(9-18-16)14(11)17/h3-6H,7-9H2,1-2H3. The maximum Gasteiger partial charge on any atom is 0.201 e. The van der Waals surface area contributed by atoms with Crippen molar-refractivity contribution in [1.82, 2.24) is 0 Å². The fourth-order valence-corrected chi connectivity index (χ4v) is 3.12. The molecule has 98 valence electrons. The van der Waals surface area contributed by atoms with Crippen LogP contribution in [0.2, 0.25) is 0 Å². The fraction of sp³-hybridized carbons (Fsp3) is 0.438. The summed E-state index contributed by atoms with van der Waals surface area (Å²) in [5.41, 5.74) is 1.91. The summed E-state index contributed by atoms with van der Waals surface area (Å²) in [4.78, 5) is 12.7. The van der Waals surface area contributed by atoms with E-state index in [1.807, 2.05) is 24.3 Å². The van der Waals surface area contributed by atoms with Crippen LogP contribution < -0.4 is 0 Å². The number of hydrogen-bond acceptors (Lipinski definition) is 3. The molecule has 19 heavy (non-hydrogen) atoms. The third-order valence-corrected chi connectivity index (χ3v) is 4.31. The van der Waals surface area contributed by atoms with Crippen LogP contribution in [-0.2, 0) is 19.9 Å². The number of ketones is 1. The monoisotopic (exact) mass is 256 g/mol. The van der Waals surface area contributed by atoms with Crippen LogP contribution >= 0.6 is 0 Å². The second kappa shape index (κ2) is 3.28. The van der Waals surface area contributed by atoms with Gasteiger partial charge < -0.3 is 9.47 Å². The molecule has 1 aliphatic carbocycles. The Labute approximate surface area is 112 Å². The van der Waals surface area contributed by atoms with Crippen LogP contribution in [0.4, 0.5) is 0 Å². The summed E-state index contributed by atoms with van der Waals surface area (Å²) in [5.74, 6) is 0.884. The van der Waals surface area contributed by atoms with Gasteiger partial charge in [-0.2, -0.15) is 0 Å². The molecule has 3 nitrogen and oxygen atoms in total. The van der Waals surface area contributed by atoms with Crippen LogP contribution in [0.3, 0.4) is 0 Å². The Morgan fingerprint density at radius 2 is 1.95 bits per heavy atom. The maximum atomic E-state index is 12.7. The van der Waals surface area contributed by atoms with Gasteiger partial charge in [0.25, 0.3) is 0 Å². The lowest BCUT2D eigenvalue weighted by Crippen LogP contribution is -2.37. The molecule has 0 radical (unpaired) electrons. The van der Waals surface area contributed by atoms with Crippen molar-refractivity contribution in [3.63, 3.8) is 0 Å². The van der Waals surface area contributed by atoms with Gasteiger partial charge in [0.2, 0.25) is 5.78 Å². The number of benzene rings is 1. The van der Waals surface area contributed by atoms with E-state index >= 15 is 0 Å². The first-order chi connectivity index (χ1) is 9.04. The quantitative estimate of drug-likeness (QED) is 0.670. The molecule has 2 heterocycles. The van der Waals surface area contributed by atoms with Crippen LogP contribution in [0, 0.1) is 0 Å². The second-order valence-electron chi connectivity index (χ2n) is 6.16. The first-order valence-corrected chi connectivity index (χ1v) is 6.74. The molecule has 1 unspecified atom stereocenters. The van der Waals surface area contributed by atoms with Crippen molar-refractivity contribution in [1.29, 1.82) is 0 Å². The van der Waals surface area contributed by atoms with Crippen LogP contribution in [-0.4, -0.2) is 18.0 Å². The third-order valence-electron chi connectivity index (χ3n) is 4.31. The van der Waals surface area contributed by atoms with Crippen LogP contribution in [0.5, 0.6) is 0 Å². The van der Waals surface area contributed by atoms with Crippen molar-refractivity contribution >= 4 is 11.5 Å². The number of hydrogen-bond donors (Lipinski definition) is 0. The minimum atomic E-state index is -0.694. The molecule has 0 aromatic heterocycles. The van der Waals surface area contributed by atoms with E-state index in [0.717, 1.165) is 35.3 Å². The molecule has 1 saturated heterocycles. The predicted molar refractivity (Wildman–Crippen MR) is 70.4 cm³/mol. The normalized spacial score (nSPS) is 30.7. The zero-order valence-electron chi connectivity index (χ0n) is 11.2. The fourth-order valence-electron chi connectivity index (χ4n) is 3.12. The molecule has 0 N–H and O–H groups in total. The van der Waals surface area contributed by atoms with E-state index in [9.17, 15) is 4.79 Å². The summed E-state index contributed by atoms with van der Waals surface area (Å²) in [5, 5.41) is 0. The highest BCUT2D eigenvalue weighted by atomic mass is 16.6. The van der Waals surface area contributed by atoms with E-state index in [4.69, 9.17) is 9.47 Å². The van der Waals surface area contributed by atoms with Gasteiger partial charge in [-0.25, -0.2) is 0 Å². The van der Waals surface area contributed by atoms with Crippen molar-refractivity contribution in [3.05, 3.63) is 41.0 Å². The summed E-state index contributed by atoms with van der Waals surface area (Å²) in [6.07, 6.45) is 1.65. The first-order valence-electron chi connectivity index (χ1n) is 6.74. The van der Waals surface area contributed by atoms with Crippen LogP contribution in [0.15, 0.2) is 29.8 Å². The number of rotatable bonds is 0. The summed E-state index contributed by atoms with van der Waals surface area (Å²) in [7, 11) is 0. The van der Waals surface area contributed by atoms with Crippen molar-refractivity contribution in [3.8, 4) is 0 Å². The van der Waals surface area contributed by atoms with Crippen molar-refractivity contribution in [2.75, 3.05) is 6.61 Å². The van der Waals surface area contributed by atoms with E-state index in [-0.39, 0.29) is 11.4 Å². The SMILES string of the molecule is CC1(C)CCC2=C(O1)c1ccccc1C1(CO1)C2=O. The molecule has 1 fully saturated rings. The molecule has 4 rings (SSSR count). The molecule has 1 spiro atoms. The van der Waals surface area contributed by atoms with Gasteiger partial charge in [0.15, 0.2) is 5.60 Å². The first kappa shape index (κ1) is 11.2. The van der Waals surface area contributed by atoms with Gasteiger partial charge >= 0.3 is 0 Å². The van der Waals surface area contributed by atoms with Gasteiger partial charge in [0.05, 0.1) is 6.61 Å². The van der Waals surface area contributed by atoms with Crippen LogP contribution in [0.1, 0.15) is 37.8 Å². The lowest BCUT2D eigenvalue weighted by molar-refractivity contribution is -0.121. The van der Waals surface area contributed by atoms with Crippen molar-refractivity contribution in [2.24, 2.45) is 0 Å². The maximum absolute atomic E-state index is 12.7. The van der Waals surface area contributed by atoms with Crippen LogP contribution in [0.25, 0.3) is 5.76 Å². The van der Waals surface area contributed by atoms with E-state index in [0.29, 0.717) is 6.61 Å². The van der Waals surface area contributed by atoms with Gasteiger partial charge in [-0.1, -0.05) is 24.3 Å². The molecule has 1 aromatic carbocycles. The summed E-state index contributed by atoms with van der Waals surface area (Å²) in [6, 6.07) is 7.95. The second-order valence-corrected chi connectivity index (χ2v) is 6.16. The van der Waals surface area contributed by atoms with Gasteiger partial charge in [-0.3, -0.25) is 4.79 Å². The Hall–Kier alpha value is -1.61. The summed E-state index contributed by atoms with van der Waals surface area (Å²) >= 11 is 0. The molecule has 0 saturated carbocycles. The highest BCUT2D eigenvalue weighted by Crippen LogP contribution is 2.52. The Bertz CT molecular complexity index is 621. The topological polar surface area (TPSA) is 38.8 Å². The number of epoxide rings is 1. The Kier molecular flexibility index (Phi) is 1.94. The molecular formula is C16H16O3. The molecule has 3 heteroatoms. The van der Waals surface area contributed by atoms with Gasteiger partial charge in [0, 0.05) is 16.7 Å². The molecule has 3 aliphatic rings. The molecule has 2 aliphatic heterocycles. The van der Waals surface area contributed by atoms with Gasteiger partial charge in [-0.05, 0) is 26.7 Å². The molecule has 0 bridgehead atoms. The van der Waals surface area contributed by atoms with Crippen molar-refractivity contribution in [2.45, 2.75) is 37.9 Å². The highest BCUT2D eigenvalue weighted by Gasteiger charge is 2.59. The zero-order valence-corrected chi connectivity index (χ0v) is 11.2. The highest BCUT2D eigenvalue weighted by molar-refractivity contribution is 6.12. The Balaban J connectivity index is 1.95. The summed E-state index contributed by atoms with van der Waals surface area (Å²) < 4.78 is 11.6. The number of Topliss-reactive ketones (excluding diaryl/α,β-unsaturated/α-hetero) is 1. The zero-order chi connectivity index (χ0) is 13.3. The van der Waals surface area contributed by atoms with E-state index in [1.54, 1.807) is 0 Å². The largest absolute Gasteiger partial charge is 0.487 e. The average Bonchev–Trinajstić information content (AvgIpc) is 3.17. The average molecular weight is 256 g/mol. The van der Waals surface area contributed by atoms with E-state index in [2.05, 4.69) is 13.8 Å². The summed E-state index contributed by atoms with van der Waals surface area (Å²) in [6.45, 7) is 4.65. The predicted octanol–water partition coefficient (Wildman–Crippen LogP) is 2.79. The van der Waals surface area contributed by atoms with Gasteiger partial charge in [0.1, 0.15) is 11.4 Å².